The largest absolute Gasteiger partial charge is 0.453 e. The van der Waals surface area contributed by atoms with Crippen LogP contribution in [0.25, 0.3) is 0 Å². The summed E-state index contributed by atoms with van der Waals surface area (Å²) in [5, 5.41) is 10.8. The quantitative estimate of drug-likeness (QED) is 0.887. The lowest BCUT2D eigenvalue weighted by molar-refractivity contribution is 0.177. The summed E-state index contributed by atoms with van der Waals surface area (Å²) in [6, 6.07) is 7.19. The molecule has 1 aromatic carbocycles. The fraction of sp³-hybridized carbons (Fsp3) is 0.167. The molecule has 2 nitrogen and oxygen atoms in total. The van der Waals surface area contributed by atoms with E-state index in [1.807, 2.05) is 12.1 Å². The summed E-state index contributed by atoms with van der Waals surface area (Å²) in [6.45, 7) is 0. The number of aliphatic hydroxyl groups is 1. The molecule has 17 heavy (non-hydrogen) atoms. The summed E-state index contributed by atoms with van der Waals surface area (Å²) in [7, 11) is 0. The third kappa shape index (κ3) is 3.05. The predicted molar refractivity (Wildman–Crippen MR) is 71.5 cm³/mol. The van der Waals surface area contributed by atoms with Crippen molar-refractivity contribution in [1.82, 2.24) is 0 Å². The maximum atomic E-state index is 10.0. The number of hydrogen-bond acceptors (Lipinski definition) is 2. The van der Waals surface area contributed by atoms with Crippen molar-refractivity contribution in [3.05, 3.63) is 56.4 Å². The Kier molecular flexibility index (Phi) is 4.15. The third-order valence-corrected chi connectivity index (χ3v) is 3.59. The third-order valence-electron chi connectivity index (χ3n) is 2.43. The molecule has 1 atom stereocenters. The van der Waals surface area contributed by atoms with E-state index in [2.05, 4.69) is 15.9 Å². The van der Waals surface area contributed by atoms with Gasteiger partial charge < -0.3 is 9.52 Å². The average molecular weight is 336 g/mol. The highest BCUT2D eigenvalue weighted by Gasteiger charge is 2.16. The molecule has 1 N–H and O–H groups in total. The van der Waals surface area contributed by atoms with Gasteiger partial charge in [-0.25, -0.2) is 0 Å². The second kappa shape index (κ2) is 5.44. The molecule has 0 aliphatic rings. The first kappa shape index (κ1) is 13.0. The van der Waals surface area contributed by atoms with Crippen LogP contribution in [0, 0.1) is 0 Å². The number of hydrogen-bond donors (Lipinski definition) is 1. The van der Waals surface area contributed by atoms with Crippen LogP contribution in [0.2, 0.25) is 10.2 Å². The minimum absolute atomic E-state index is 0.214. The van der Waals surface area contributed by atoms with Gasteiger partial charge in [0.1, 0.15) is 0 Å². The van der Waals surface area contributed by atoms with Gasteiger partial charge >= 0.3 is 0 Å². The molecule has 0 radical (unpaired) electrons. The molecular weight excluding hydrogens is 327 g/mol. The van der Waals surface area contributed by atoms with Crippen LogP contribution in [0.4, 0.5) is 0 Å². The first-order chi connectivity index (χ1) is 8.08. The monoisotopic (exact) mass is 334 g/mol. The van der Waals surface area contributed by atoms with Crippen LogP contribution in [0.1, 0.15) is 17.2 Å². The average Bonchev–Trinajstić information content (AvgIpc) is 2.68. The van der Waals surface area contributed by atoms with E-state index < -0.39 is 6.10 Å². The maximum Gasteiger partial charge on any atom is 0.198 e. The van der Waals surface area contributed by atoms with Crippen molar-refractivity contribution in [3.8, 4) is 0 Å². The van der Waals surface area contributed by atoms with Crippen LogP contribution in [0.15, 0.2) is 39.4 Å². The Labute approximate surface area is 117 Å². The molecule has 0 saturated heterocycles. The van der Waals surface area contributed by atoms with Crippen molar-refractivity contribution in [1.29, 1.82) is 0 Å². The van der Waals surface area contributed by atoms with Gasteiger partial charge in [0.2, 0.25) is 0 Å². The van der Waals surface area contributed by atoms with Crippen molar-refractivity contribution >= 4 is 39.1 Å². The highest BCUT2D eigenvalue weighted by Crippen LogP contribution is 2.29. The van der Waals surface area contributed by atoms with E-state index in [1.165, 1.54) is 6.26 Å². The smallest absolute Gasteiger partial charge is 0.198 e. The molecule has 1 aromatic heterocycles. The normalized spacial score (nSPS) is 12.7. The molecular formula is C12H9BrCl2O2. The van der Waals surface area contributed by atoms with Crippen molar-refractivity contribution in [2.24, 2.45) is 0 Å². The van der Waals surface area contributed by atoms with E-state index in [1.54, 1.807) is 12.1 Å². The fourth-order valence-electron chi connectivity index (χ4n) is 1.55. The van der Waals surface area contributed by atoms with Gasteiger partial charge in [0.25, 0.3) is 0 Å². The van der Waals surface area contributed by atoms with Crippen molar-refractivity contribution in [2.45, 2.75) is 12.5 Å². The molecule has 0 bridgehead atoms. The van der Waals surface area contributed by atoms with Crippen LogP contribution in [-0.2, 0) is 6.42 Å². The Bertz CT molecular complexity index is 525. The van der Waals surface area contributed by atoms with E-state index in [9.17, 15) is 5.11 Å². The lowest BCUT2D eigenvalue weighted by atomic mass is 10.0. The zero-order chi connectivity index (χ0) is 12.4. The summed E-state index contributed by atoms with van der Waals surface area (Å²) < 4.78 is 5.84. The van der Waals surface area contributed by atoms with Gasteiger partial charge in [-0.05, 0) is 35.4 Å². The molecule has 0 fully saturated rings. The van der Waals surface area contributed by atoms with Crippen LogP contribution < -0.4 is 0 Å². The van der Waals surface area contributed by atoms with Crippen molar-refractivity contribution < 1.29 is 9.52 Å². The minimum atomic E-state index is -0.722. The van der Waals surface area contributed by atoms with Gasteiger partial charge in [0, 0.05) is 21.5 Å². The lowest BCUT2D eigenvalue weighted by Gasteiger charge is -2.10. The molecule has 1 unspecified atom stereocenters. The second-order valence-corrected chi connectivity index (χ2v) is 5.27. The first-order valence-electron chi connectivity index (χ1n) is 4.93. The van der Waals surface area contributed by atoms with Gasteiger partial charge in [0.05, 0.1) is 12.4 Å². The summed E-state index contributed by atoms with van der Waals surface area (Å²) in [6.07, 6.45) is 1.12. The van der Waals surface area contributed by atoms with Gasteiger partial charge in [-0.2, -0.15) is 0 Å². The molecule has 5 heteroatoms. The molecule has 2 aromatic rings. The van der Waals surface area contributed by atoms with E-state index in [0.29, 0.717) is 17.0 Å². The van der Waals surface area contributed by atoms with E-state index in [-0.39, 0.29) is 5.22 Å². The summed E-state index contributed by atoms with van der Waals surface area (Å²) in [4.78, 5) is 0. The van der Waals surface area contributed by atoms with Crippen molar-refractivity contribution in [3.63, 3.8) is 0 Å². The number of halogens is 3. The summed E-state index contributed by atoms with van der Waals surface area (Å²) >= 11 is 15.2. The molecule has 0 aliphatic carbocycles. The summed E-state index contributed by atoms with van der Waals surface area (Å²) in [5.74, 6) is 0. The van der Waals surface area contributed by atoms with Crippen LogP contribution in [-0.4, -0.2) is 5.11 Å². The maximum absolute atomic E-state index is 10.0. The first-order valence-corrected chi connectivity index (χ1v) is 6.47. The molecule has 0 amide bonds. The standard InChI is InChI=1S/C12H9BrCl2O2/c13-8-2-1-7(10(14)6-8)5-11(16)9-3-4-17-12(9)15/h1-4,6,11,16H,5H2. The predicted octanol–water partition coefficient (Wildman–Crippen LogP) is 4.63. The number of aliphatic hydroxyl groups excluding tert-OH is 1. The van der Waals surface area contributed by atoms with Gasteiger partial charge in [0.15, 0.2) is 5.22 Å². The molecule has 0 aliphatic heterocycles. The number of furan rings is 1. The molecule has 1 heterocycles. The molecule has 2 rings (SSSR count). The Morgan fingerprint density at radius 2 is 2.06 bits per heavy atom. The zero-order valence-corrected chi connectivity index (χ0v) is 11.8. The van der Waals surface area contributed by atoms with E-state index in [4.69, 9.17) is 27.6 Å². The SMILES string of the molecule is OC(Cc1ccc(Br)cc1Cl)c1ccoc1Cl. The van der Waals surface area contributed by atoms with Gasteiger partial charge in [-0.1, -0.05) is 33.6 Å². The number of rotatable bonds is 3. The van der Waals surface area contributed by atoms with E-state index >= 15 is 0 Å². The Morgan fingerprint density at radius 1 is 1.29 bits per heavy atom. The number of benzene rings is 1. The zero-order valence-electron chi connectivity index (χ0n) is 8.66. The minimum Gasteiger partial charge on any atom is -0.453 e. The van der Waals surface area contributed by atoms with Crippen LogP contribution >= 0.6 is 39.1 Å². The van der Waals surface area contributed by atoms with Gasteiger partial charge in [-0.3, -0.25) is 0 Å². The van der Waals surface area contributed by atoms with Gasteiger partial charge in [-0.15, -0.1) is 0 Å². The topological polar surface area (TPSA) is 33.4 Å². The van der Waals surface area contributed by atoms with Crippen LogP contribution in [0.5, 0.6) is 0 Å². The highest BCUT2D eigenvalue weighted by atomic mass is 79.9. The Balaban J connectivity index is 2.19. The lowest BCUT2D eigenvalue weighted by Crippen LogP contribution is -2.01. The highest BCUT2D eigenvalue weighted by molar-refractivity contribution is 9.10. The molecule has 0 saturated carbocycles. The molecule has 90 valence electrons. The van der Waals surface area contributed by atoms with E-state index in [0.717, 1.165) is 10.0 Å². The molecule has 0 spiro atoms. The van der Waals surface area contributed by atoms with Crippen molar-refractivity contribution in [2.75, 3.05) is 0 Å². The Morgan fingerprint density at radius 3 is 2.65 bits per heavy atom. The van der Waals surface area contributed by atoms with Crippen LogP contribution in [0.3, 0.4) is 0 Å². The second-order valence-electron chi connectivity index (χ2n) is 3.61. The summed E-state index contributed by atoms with van der Waals surface area (Å²) in [5.41, 5.74) is 1.44. The Hall–Kier alpha value is -0.480. The fourth-order valence-corrected chi connectivity index (χ4v) is 2.54.